The molecule has 0 spiro atoms. The van der Waals surface area contributed by atoms with Gasteiger partial charge in [-0.25, -0.2) is 4.98 Å². The largest absolute Gasteiger partial charge is 0.479 e. The van der Waals surface area contributed by atoms with Gasteiger partial charge in [-0.1, -0.05) is 12.1 Å². The van der Waals surface area contributed by atoms with E-state index in [4.69, 9.17) is 4.74 Å². The van der Waals surface area contributed by atoms with Crippen LogP contribution >= 0.6 is 11.3 Å². The highest BCUT2D eigenvalue weighted by Gasteiger charge is 2.33. The van der Waals surface area contributed by atoms with Crippen molar-refractivity contribution in [2.45, 2.75) is 20.0 Å². The predicted molar refractivity (Wildman–Crippen MR) is 89.1 cm³/mol. The highest BCUT2D eigenvalue weighted by atomic mass is 32.1. The monoisotopic (exact) mass is 331 g/mol. The smallest absolute Gasteiger partial charge is 0.268 e. The van der Waals surface area contributed by atoms with Gasteiger partial charge in [-0.15, -0.1) is 11.3 Å². The van der Waals surface area contributed by atoms with E-state index < -0.39 is 6.10 Å². The molecule has 1 atom stereocenters. The molecule has 1 aliphatic rings. The summed E-state index contributed by atoms with van der Waals surface area (Å²) in [7, 11) is 1.67. The number of aromatic nitrogens is 1. The third-order valence-electron chi connectivity index (χ3n) is 3.63. The molecular weight excluding hydrogens is 314 g/mol. The van der Waals surface area contributed by atoms with Gasteiger partial charge in [0.05, 0.1) is 11.4 Å². The number of ether oxygens (including phenoxy) is 1. The minimum atomic E-state index is -0.606. The zero-order valence-corrected chi connectivity index (χ0v) is 14.0. The zero-order valence-electron chi connectivity index (χ0n) is 13.1. The molecule has 23 heavy (non-hydrogen) atoms. The standard InChI is InChI=1S/C16H17N3O3S/c1-10-9-23-16(17-10)18(3)14(20)8-19-12-6-4-5-7-13(12)22-11(2)15(19)21/h4-7,9,11H,8H2,1-3H3. The molecule has 6 nitrogen and oxygen atoms in total. The fraction of sp³-hybridized carbons (Fsp3) is 0.312. The van der Waals surface area contributed by atoms with Gasteiger partial charge in [0.1, 0.15) is 12.3 Å². The number of aryl methyl sites for hydroxylation is 1. The number of carbonyl (C=O) groups excluding carboxylic acids is 2. The normalized spacial score (nSPS) is 16.7. The van der Waals surface area contributed by atoms with Crippen molar-refractivity contribution in [2.75, 3.05) is 23.4 Å². The van der Waals surface area contributed by atoms with E-state index >= 15 is 0 Å². The second kappa shape index (κ2) is 6.00. The van der Waals surface area contributed by atoms with Crippen LogP contribution in [0.3, 0.4) is 0 Å². The van der Waals surface area contributed by atoms with Crippen LogP contribution < -0.4 is 14.5 Å². The van der Waals surface area contributed by atoms with Gasteiger partial charge in [0.15, 0.2) is 11.2 Å². The van der Waals surface area contributed by atoms with E-state index in [0.29, 0.717) is 16.6 Å². The van der Waals surface area contributed by atoms with Crippen LogP contribution in [0.4, 0.5) is 10.8 Å². The Labute approximate surface area is 138 Å². The molecule has 1 aliphatic heterocycles. The molecule has 0 aliphatic carbocycles. The SMILES string of the molecule is Cc1csc(N(C)C(=O)CN2C(=O)C(C)Oc3ccccc32)n1. The summed E-state index contributed by atoms with van der Waals surface area (Å²) in [4.78, 5) is 32.2. The number of hydrogen-bond donors (Lipinski definition) is 0. The number of thiazole rings is 1. The summed E-state index contributed by atoms with van der Waals surface area (Å²) in [6.45, 7) is 3.52. The predicted octanol–water partition coefficient (Wildman–Crippen LogP) is 2.23. The van der Waals surface area contributed by atoms with Crippen LogP contribution in [-0.4, -0.2) is 36.5 Å². The van der Waals surface area contributed by atoms with E-state index in [1.165, 1.54) is 21.1 Å². The summed E-state index contributed by atoms with van der Waals surface area (Å²) < 4.78 is 5.58. The van der Waals surface area contributed by atoms with Gasteiger partial charge >= 0.3 is 0 Å². The molecule has 2 aromatic rings. The van der Waals surface area contributed by atoms with Crippen LogP contribution in [0.5, 0.6) is 5.75 Å². The molecule has 0 N–H and O–H groups in total. The third-order valence-corrected chi connectivity index (χ3v) is 4.67. The lowest BCUT2D eigenvalue weighted by Gasteiger charge is -2.33. The molecule has 120 valence electrons. The molecule has 0 saturated carbocycles. The fourth-order valence-electron chi connectivity index (χ4n) is 2.37. The summed E-state index contributed by atoms with van der Waals surface area (Å²) in [5, 5.41) is 2.51. The first-order valence-corrected chi connectivity index (χ1v) is 8.11. The van der Waals surface area contributed by atoms with E-state index in [2.05, 4.69) is 4.98 Å². The Balaban J connectivity index is 1.83. The number of amides is 2. The van der Waals surface area contributed by atoms with E-state index in [1.807, 2.05) is 24.4 Å². The van der Waals surface area contributed by atoms with Gasteiger partial charge in [0, 0.05) is 12.4 Å². The molecule has 3 rings (SSSR count). The number of para-hydroxylation sites is 2. The summed E-state index contributed by atoms with van der Waals surface area (Å²) >= 11 is 1.40. The van der Waals surface area contributed by atoms with E-state index in [0.717, 1.165) is 5.69 Å². The Morgan fingerprint density at radius 1 is 1.43 bits per heavy atom. The summed E-state index contributed by atoms with van der Waals surface area (Å²) in [6.07, 6.45) is -0.606. The number of likely N-dealkylation sites (N-methyl/N-ethyl adjacent to an activating group) is 1. The van der Waals surface area contributed by atoms with Crippen molar-refractivity contribution >= 4 is 34.0 Å². The van der Waals surface area contributed by atoms with Gasteiger partial charge in [-0.05, 0) is 26.0 Å². The van der Waals surface area contributed by atoms with Gasteiger partial charge in [0.25, 0.3) is 5.91 Å². The quantitative estimate of drug-likeness (QED) is 0.865. The van der Waals surface area contributed by atoms with Crippen molar-refractivity contribution in [1.29, 1.82) is 0 Å². The second-order valence-corrected chi connectivity index (χ2v) is 6.21. The van der Waals surface area contributed by atoms with Gasteiger partial charge in [-0.3, -0.25) is 19.4 Å². The Morgan fingerprint density at radius 3 is 2.87 bits per heavy atom. The zero-order chi connectivity index (χ0) is 16.6. The molecule has 0 fully saturated rings. The van der Waals surface area contributed by atoms with Crippen molar-refractivity contribution in [3.63, 3.8) is 0 Å². The maximum atomic E-state index is 12.5. The van der Waals surface area contributed by atoms with Crippen LogP contribution in [0.2, 0.25) is 0 Å². The summed E-state index contributed by atoms with van der Waals surface area (Å²) in [6, 6.07) is 7.23. The first-order valence-electron chi connectivity index (χ1n) is 7.23. The van der Waals surface area contributed by atoms with Crippen LogP contribution in [0.1, 0.15) is 12.6 Å². The maximum absolute atomic E-state index is 12.5. The fourth-order valence-corrected chi connectivity index (χ4v) is 3.15. The van der Waals surface area contributed by atoms with Crippen LogP contribution in [0, 0.1) is 6.92 Å². The minimum absolute atomic E-state index is 0.0430. The van der Waals surface area contributed by atoms with Crippen molar-refractivity contribution in [3.05, 3.63) is 35.3 Å². The number of fused-ring (bicyclic) bond motifs is 1. The molecule has 2 heterocycles. The molecule has 0 radical (unpaired) electrons. The van der Waals surface area contributed by atoms with Crippen molar-refractivity contribution in [2.24, 2.45) is 0 Å². The maximum Gasteiger partial charge on any atom is 0.268 e. The number of carbonyl (C=O) groups is 2. The summed E-state index contributed by atoms with van der Waals surface area (Å²) in [5.74, 6) is 0.192. The number of rotatable bonds is 3. The van der Waals surface area contributed by atoms with Crippen LogP contribution in [0.25, 0.3) is 0 Å². The van der Waals surface area contributed by atoms with Crippen LogP contribution in [0.15, 0.2) is 29.6 Å². The van der Waals surface area contributed by atoms with Crippen molar-refractivity contribution in [3.8, 4) is 5.75 Å². The third kappa shape index (κ3) is 2.92. The number of anilines is 2. The lowest BCUT2D eigenvalue weighted by Crippen LogP contribution is -2.49. The average Bonchev–Trinajstić information content (AvgIpc) is 2.97. The Hall–Kier alpha value is -2.41. The Kier molecular flexibility index (Phi) is 4.04. The highest BCUT2D eigenvalue weighted by Crippen LogP contribution is 2.33. The van der Waals surface area contributed by atoms with E-state index in [9.17, 15) is 9.59 Å². The lowest BCUT2D eigenvalue weighted by molar-refractivity contribution is -0.127. The molecule has 0 saturated heterocycles. The molecule has 1 unspecified atom stereocenters. The number of nitrogens with zero attached hydrogens (tertiary/aromatic N) is 3. The topological polar surface area (TPSA) is 62.7 Å². The van der Waals surface area contributed by atoms with Gasteiger partial charge in [0.2, 0.25) is 5.91 Å². The van der Waals surface area contributed by atoms with Crippen LogP contribution in [-0.2, 0) is 9.59 Å². The first kappa shape index (κ1) is 15.5. The molecule has 7 heteroatoms. The van der Waals surface area contributed by atoms with Gasteiger partial charge < -0.3 is 4.74 Å². The average molecular weight is 331 g/mol. The Bertz CT molecular complexity index is 759. The molecule has 2 amide bonds. The highest BCUT2D eigenvalue weighted by molar-refractivity contribution is 7.14. The number of hydrogen-bond acceptors (Lipinski definition) is 5. The molecule has 1 aromatic heterocycles. The lowest BCUT2D eigenvalue weighted by atomic mass is 10.2. The second-order valence-electron chi connectivity index (χ2n) is 5.38. The first-order chi connectivity index (χ1) is 11.0. The molecular formula is C16H17N3O3S. The van der Waals surface area contributed by atoms with E-state index in [-0.39, 0.29) is 18.4 Å². The molecule has 0 bridgehead atoms. The summed E-state index contributed by atoms with van der Waals surface area (Å²) in [5.41, 5.74) is 1.48. The van der Waals surface area contributed by atoms with Crippen molar-refractivity contribution in [1.82, 2.24) is 4.98 Å². The Morgan fingerprint density at radius 2 is 2.17 bits per heavy atom. The molecule has 1 aromatic carbocycles. The van der Waals surface area contributed by atoms with Gasteiger partial charge in [-0.2, -0.15) is 0 Å². The van der Waals surface area contributed by atoms with Crippen molar-refractivity contribution < 1.29 is 14.3 Å². The number of benzene rings is 1. The minimum Gasteiger partial charge on any atom is -0.479 e. The van der Waals surface area contributed by atoms with E-state index in [1.54, 1.807) is 26.1 Å².